The number of ether oxygens (including phenoxy) is 2. The molecule has 6 heteroatoms. The molecule has 1 unspecified atom stereocenters. The minimum absolute atomic E-state index is 0.232. The molecule has 0 aromatic heterocycles. The van der Waals surface area contributed by atoms with E-state index in [0.717, 1.165) is 16.3 Å². The van der Waals surface area contributed by atoms with Gasteiger partial charge in [0.2, 0.25) is 0 Å². The molecule has 146 valence electrons. The molecular formula is C22H23NO4S. The van der Waals surface area contributed by atoms with Crippen LogP contribution in [0.3, 0.4) is 0 Å². The van der Waals surface area contributed by atoms with Crippen LogP contribution in [0.15, 0.2) is 70.0 Å². The van der Waals surface area contributed by atoms with Crippen molar-refractivity contribution in [3.63, 3.8) is 0 Å². The van der Waals surface area contributed by atoms with E-state index < -0.39 is 17.0 Å². The summed E-state index contributed by atoms with van der Waals surface area (Å²) in [6, 6.07) is 18.1. The highest BCUT2D eigenvalue weighted by Gasteiger charge is 2.15. The Morgan fingerprint density at radius 3 is 2.36 bits per heavy atom. The van der Waals surface area contributed by atoms with Crippen molar-refractivity contribution < 1.29 is 18.5 Å². The summed E-state index contributed by atoms with van der Waals surface area (Å²) >= 11 is 0. The van der Waals surface area contributed by atoms with Crippen molar-refractivity contribution in [1.82, 2.24) is 0 Å². The number of hydrogen-bond acceptors (Lipinski definition) is 4. The van der Waals surface area contributed by atoms with E-state index in [1.165, 1.54) is 13.3 Å². The number of esters is 1. The van der Waals surface area contributed by atoms with Gasteiger partial charge in [-0.15, -0.1) is 0 Å². The van der Waals surface area contributed by atoms with Crippen LogP contribution in [-0.2, 0) is 15.7 Å². The molecule has 5 nitrogen and oxygen atoms in total. The Kier molecular flexibility index (Phi) is 7.89. The van der Waals surface area contributed by atoms with Crippen LogP contribution in [0.4, 0.5) is 0 Å². The second kappa shape index (κ2) is 10.4. The maximum absolute atomic E-state index is 12.7. The third-order valence-electron chi connectivity index (χ3n) is 3.91. The van der Waals surface area contributed by atoms with Crippen molar-refractivity contribution >= 4 is 33.9 Å². The van der Waals surface area contributed by atoms with Gasteiger partial charge in [0.15, 0.2) is 11.0 Å². The molecule has 1 atom stereocenters. The molecule has 3 rings (SSSR count). The molecule has 0 amide bonds. The van der Waals surface area contributed by atoms with Gasteiger partial charge < -0.3 is 9.47 Å². The first kappa shape index (κ1) is 21.3. The predicted molar refractivity (Wildman–Crippen MR) is 114 cm³/mol. The Bertz CT molecular complexity index is 1010. The predicted octanol–water partition coefficient (Wildman–Crippen LogP) is 4.80. The second-order valence-electron chi connectivity index (χ2n) is 5.37. The summed E-state index contributed by atoms with van der Waals surface area (Å²) in [5.41, 5.74) is 0.963. The molecule has 0 aliphatic heterocycles. The summed E-state index contributed by atoms with van der Waals surface area (Å²) in [5, 5.41) is 1.96. The zero-order valence-electron chi connectivity index (χ0n) is 16.3. The summed E-state index contributed by atoms with van der Waals surface area (Å²) in [6.45, 7) is 4.00. The quantitative estimate of drug-likeness (QED) is 0.458. The van der Waals surface area contributed by atoms with Gasteiger partial charge >= 0.3 is 5.97 Å². The van der Waals surface area contributed by atoms with Gasteiger partial charge in [-0.2, -0.15) is 4.40 Å². The van der Waals surface area contributed by atoms with Crippen molar-refractivity contribution in [3.8, 4) is 5.75 Å². The lowest BCUT2D eigenvalue weighted by Gasteiger charge is -2.08. The molecule has 0 saturated heterocycles. The first-order valence-electron chi connectivity index (χ1n) is 8.84. The molecule has 0 N–H and O–H groups in total. The van der Waals surface area contributed by atoms with E-state index in [9.17, 15) is 9.00 Å². The molecule has 3 aromatic carbocycles. The Morgan fingerprint density at radius 1 is 0.964 bits per heavy atom. The van der Waals surface area contributed by atoms with Crippen molar-refractivity contribution in [2.45, 2.75) is 18.7 Å². The van der Waals surface area contributed by atoms with Crippen LogP contribution in [0.25, 0.3) is 10.8 Å². The Balaban J connectivity index is 0.00000136. The molecule has 0 aliphatic rings. The average molecular weight is 397 g/mol. The lowest BCUT2D eigenvalue weighted by Crippen LogP contribution is -2.06. The monoisotopic (exact) mass is 397 g/mol. The van der Waals surface area contributed by atoms with E-state index >= 15 is 0 Å². The van der Waals surface area contributed by atoms with Gasteiger partial charge in [-0.25, -0.2) is 9.00 Å². The molecule has 3 aromatic rings. The topological polar surface area (TPSA) is 65.0 Å². The first-order chi connectivity index (χ1) is 13.7. The minimum atomic E-state index is -1.76. The fraction of sp³-hybridized carbons (Fsp3) is 0.182. The van der Waals surface area contributed by atoms with Gasteiger partial charge in [-0.05, 0) is 29.0 Å². The molecular weight excluding hydrogens is 374 g/mol. The van der Waals surface area contributed by atoms with Crippen molar-refractivity contribution in [3.05, 3.63) is 71.8 Å². The van der Waals surface area contributed by atoms with E-state index in [-0.39, 0.29) is 5.56 Å². The highest BCUT2D eigenvalue weighted by molar-refractivity contribution is 7.84. The highest BCUT2D eigenvalue weighted by Crippen LogP contribution is 2.27. The minimum Gasteiger partial charge on any atom is -0.496 e. The van der Waals surface area contributed by atoms with E-state index in [1.807, 2.05) is 50.2 Å². The fourth-order valence-electron chi connectivity index (χ4n) is 2.64. The molecule has 0 aliphatic carbocycles. The third kappa shape index (κ3) is 4.64. The Morgan fingerprint density at radius 2 is 1.64 bits per heavy atom. The lowest BCUT2D eigenvalue weighted by molar-refractivity contribution is 0.0596. The van der Waals surface area contributed by atoms with Crippen molar-refractivity contribution in [2.75, 3.05) is 14.2 Å². The van der Waals surface area contributed by atoms with Crippen LogP contribution in [0.5, 0.6) is 5.75 Å². The summed E-state index contributed by atoms with van der Waals surface area (Å²) in [4.78, 5) is 12.2. The number of methoxy groups -OCH3 is 2. The van der Waals surface area contributed by atoms with E-state index in [0.29, 0.717) is 10.6 Å². The molecule has 0 fully saturated rings. The average Bonchev–Trinajstić information content (AvgIpc) is 2.77. The Labute approximate surface area is 167 Å². The first-order valence-corrected chi connectivity index (χ1v) is 9.95. The number of benzene rings is 3. The zero-order chi connectivity index (χ0) is 20.5. The van der Waals surface area contributed by atoms with Gasteiger partial charge in [0, 0.05) is 11.8 Å². The summed E-state index contributed by atoms with van der Waals surface area (Å²) in [6.07, 6.45) is 1.52. The number of rotatable bonds is 5. The smallest absolute Gasteiger partial charge is 0.339 e. The third-order valence-corrected chi connectivity index (χ3v) is 4.94. The van der Waals surface area contributed by atoms with Crippen LogP contribution in [-0.4, -0.2) is 30.6 Å². The van der Waals surface area contributed by atoms with Gasteiger partial charge in [0.1, 0.15) is 5.75 Å². The van der Waals surface area contributed by atoms with Gasteiger partial charge in [0.05, 0.1) is 24.7 Å². The van der Waals surface area contributed by atoms with Crippen molar-refractivity contribution in [1.29, 1.82) is 0 Å². The maximum atomic E-state index is 12.7. The van der Waals surface area contributed by atoms with Gasteiger partial charge in [-0.3, -0.25) is 0 Å². The summed E-state index contributed by atoms with van der Waals surface area (Å²) in [5.74, 6) is 0.0811. The van der Waals surface area contributed by atoms with Crippen LogP contribution < -0.4 is 4.74 Å². The van der Waals surface area contributed by atoms with Gasteiger partial charge in [0.25, 0.3) is 0 Å². The normalized spacial score (nSPS) is 11.6. The SMILES string of the molecule is CC.COC(=O)c1ccccc1S(=O)/N=C/c1c(OC)ccc2ccccc12. The van der Waals surface area contributed by atoms with Crippen molar-refractivity contribution in [2.24, 2.45) is 4.40 Å². The van der Waals surface area contributed by atoms with Crippen LogP contribution in [0.2, 0.25) is 0 Å². The highest BCUT2D eigenvalue weighted by atomic mass is 32.2. The molecule has 0 heterocycles. The maximum Gasteiger partial charge on any atom is 0.339 e. The summed E-state index contributed by atoms with van der Waals surface area (Å²) in [7, 11) is 1.10. The molecule has 0 bridgehead atoms. The molecule has 28 heavy (non-hydrogen) atoms. The van der Waals surface area contributed by atoms with Crippen LogP contribution in [0, 0.1) is 0 Å². The number of hydrogen-bond donors (Lipinski definition) is 0. The molecule has 0 saturated carbocycles. The Hall–Kier alpha value is -2.99. The molecule has 0 radical (unpaired) electrons. The number of fused-ring (bicyclic) bond motifs is 1. The standard InChI is InChI=1S/C20H17NO4S.C2H6/c1-24-18-12-11-14-7-3-4-8-15(14)17(18)13-21-26(23)19-10-6-5-9-16(19)20(22)25-2;1-2/h3-13H,1-2H3;1-2H3/b21-13+;. The largest absolute Gasteiger partial charge is 0.496 e. The fourth-order valence-corrected chi connectivity index (χ4v) is 3.49. The molecule has 0 spiro atoms. The number of nitrogens with zero attached hydrogens (tertiary/aromatic N) is 1. The zero-order valence-corrected chi connectivity index (χ0v) is 17.2. The second-order valence-corrected chi connectivity index (χ2v) is 6.52. The summed E-state index contributed by atoms with van der Waals surface area (Å²) < 4.78 is 27.0. The van der Waals surface area contributed by atoms with E-state index in [1.54, 1.807) is 31.4 Å². The number of carbonyl (C=O) groups is 1. The number of carbonyl (C=O) groups excluding carboxylic acids is 1. The van der Waals surface area contributed by atoms with E-state index in [2.05, 4.69) is 4.40 Å². The van der Waals surface area contributed by atoms with Crippen LogP contribution in [0.1, 0.15) is 29.8 Å². The van der Waals surface area contributed by atoms with Crippen LogP contribution >= 0.6 is 0 Å². The van der Waals surface area contributed by atoms with E-state index in [4.69, 9.17) is 9.47 Å². The lowest BCUT2D eigenvalue weighted by atomic mass is 10.0. The van der Waals surface area contributed by atoms with Gasteiger partial charge in [-0.1, -0.05) is 56.3 Å².